The highest BCUT2D eigenvalue weighted by Crippen LogP contribution is 2.22. The molecule has 0 bridgehead atoms. The number of anilines is 2. The molecule has 4 rings (SSSR count). The van der Waals surface area contributed by atoms with E-state index in [1.165, 1.54) is 0 Å². The molecule has 0 aliphatic heterocycles. The molecular formula is C24H23N5O. The molecule has 6 heteroatoms. The maximum Gasteiger partial charge on any atom is 0.228 e. The van der Waals surface area contributed by atoms with E-state index in [1.807, 2.05) is 49.5 Å². The number of pyridine rings is 1. The number of carbonyl (C=O) groups excluding carboxylic acids is 1. The predicted octanol–water partition coefficient (Wildman–Crippen LogP) is 4.53. The molecule has 0 saturated carbocycles. The van der Waals surface area contributed by atoms with Crippen LogP contribution in [0.25, 0.3) is 11.1 Å². The summed E-state index contributed by atoms with van der Waals surface area (Å²) in [4.78, 5) is 16.8. The molecule has 0 saturated heterocycles. The number of nitrogens with zero attached hydrogens (tertiary/aromatic N) is 3. The lowest BCUT2D eigenvalue weighted by Crippen LogP contribution is -2.14. The van der Waals surface area contributed by atoms with Crippen LogP contribution in [0.15, 0.2) is 78.8 Å². The zero-order valence-electron chi connectivity index (χ0n) is 17.0. The molecule has 2 aromatic heterocycles. The molecular weight excluding hydrogens is 374 g/mol. The van der Waals surface area contributed by atoms with Gasteiger partial charge in [0.05, 0.1) is 24.0 Å². The molecule has 3 aromatic rings. The number of carbonyl (C=O) groups is 1. The van der Waals surface area contributed by atoms with Crippen molar-refractivity contribution in [2.45, 2.75) is 20.3 Å². The molecule has 2 heterocycles. The second kappa shape index (κ2) is 8.69. The third-order valence-corrected chi connectivity index (χ3v) is 4.77. The summed E-state index contributed by atoms with van der Waals surface area (Å²) in [5.41, 5.74) is 5.51. The van der Waals surface area contributed by atoms with Gasteiger partial charge in [0.1, 0.15) is 5.82 Å². The first-order chi connectivity index (χ1) is 14.5. The Morgan fingerprint density at radius 1 is 1.07 bits per heavy atom. The summed E-state index contributed by atoms with van der Waals surface area (Å²) < 4.78 is 0. The number of rotatable bonds is 6. The second-order valence-corrected chi connectivity index (χ2v) is 7.40. The van der Waals surface area contributed by atoms with Crippen molar-refractivity contribution in [1.29, 1.82) is 0 Å². The lowest BCUT2D eigenvalue weighted by molar-refractivity contribution is -0.115. The van der Waals surface area contributed by atoms with Gasteiger partial charge in [-0.1, -0.05) is 43.3 Å². The number of benzene rings is 1. The van der Waals surface area contributed by atoms with Gasteiger partial charge in [-0.2, -0.15) is 10.2 Å². The Hall–Kier alpha value is -3.80. The lowest BCUT2D eigenvalue weighted by Gasteiger charge is -2.08. The Morgan fingerprint density at radius 2 is 1.87 bits per heavy atom. The summed E-state index contributed by atoms with van der Waals surface area (Å²) in [5.74, 6) is 1.19. The minimum Gasteiger partial charge on any atom is -0.341 e. The Kier molecular flexibility index (Phi) is 5.66. The van der Waals surface area contributed by atoms with Gasteiger partial charge in [-0.25, -0.2) is 4.98 Å². The largest absolute Gasteiger partial charge is 0.341 e. The molecule has 1 aliphatic rings. The van der Waals surface area contributed by atoms with E-state index in [1.54, 1.807) is 12.3 Å². The molecule has 6 nitrogen and oxygen atoms in total. The van der Waals surface area contributed by atoms with Crippen LogP contribution in [-0.4, -0.2) is 21.1 Å². The number of hydrogen-bond donors (Lipinski definition) is 2. The molecule has 0 fully saturated rings. The van der Waals surface area contributed by atoms with E-state index in [4.69, 9.17) is 0 Å². The summed E-state index contributed by atoms with van der Waals surface area (Å²) in [7, 11) is 0. The van der Waals surface area contributed by atoms with E-state index < -0.39 is 0 Å². The first-order valence-electron chi connectivity index (χ1n) is 9.87. The maximum absolute atomic E-state index is 12.3. The van der Waals surface area contributed by atoms with Crippen LogP contribution in [0.5, 0.6) is 0 Å². The SMILES string of the molecule is Cc1cc(NC(=O)Cc2ccc(-c3ccc(NC4=CC(C)C=C4)nc3)cc2)cnn1. The Labute approximate surface area is 175 Å². The van der Waals surface area contributed by atoms with Gasteiger partial charge in [0.15, 0.2) is 0 Å². The van der Waals surface area contributed by atoms with Gasteiger partial charge in [0, 0.05) is 17.5 Å². The average Bonchev–Trinajstić information content (AvgIpc) is 3.14. The van der Waals surface area contributed by atoms with Crippen molar-refractivity contribution in [1.82, 2.24) is 15.2 Å². The van der Waals surface area contributed by atoms with E-state index in [0.29, 0.717) is 18.0 Å². The van der Waals surface area contributed by atoms with E-state index in [2.05, 4.69) is 51.0 Å². The van der Waals surface area contributed by atoms with Crippen molar-refractivity contribution >= 4 is 17.4 Å². The monoisotopic (exact) mass is 397 g/mol. The number of nitrogens with one attached hydrogen (secondary N) is 2. The highest BCUT2D eigenvalue weighted by Gasteiger charge is 2.07. The van der Waals surface area contributed by atoms with Gasteiger partial charge in [-0.15, -0.1) is 0 Å². The van der Waals surface area contributed by atoms with Crippen molar-refractivity contribution in [3.63, 3.8) is 0 Å². The van der Waals surface area contributed by atoms with Crippen molar-refractivity contribution in [2.75, 3.05) is 10.6 Å². The average molecular weight is 397 g/mol. The van der Waals surface area contributed by atoms with Gasteiger partial charge in [0.25, 0.3) is 0 Å². The molecule has 2 N–H and O–H groups in total. The van der Waals surface area contributed by atoms with Crippen LogP contribution in [0.1, 0.15) is 18.2 Å². The predicted molar refractivity (Wildman–Crippen MR) is 119 cm³/mol. The summed E-state index contributed by atoms with van der Waals surface area (Å²) >= 11 is 0. The number of aromatic nitrogens is 3. The number of hydrogen-bond acceptors (Lipinski definition) is 5. The second-order valence-electron chi connectivity index (χ2n) is 7.40. The molecule has 1 unspecified atom stereocenters. The summed E-state index contributed by atoms with van der Waals surface area (Å²) in [6.07, 6.45) is 10.1. The van der Waals surface area contributed by atoms with Gasteiger partial charge < -0.3 is 10.6 Å². The van der Waals surface area contributed by atoms with Gasteiger partial charge in [-0.3, -0.25) is 4.79 Å². The highest BCUT2D eigenvalue weighted by molar-refractivity contribution is 5.92. The fourth-order valence-electron chi connectivity index (χ4n) is 3.27. The van der Waals surface area contributed by atoms with Crippen LogP contribution in [-0.2, 0) is 11.2 Å². The molecule has 1 aromatic carbocycles. The van der Waals surface area contributed by atoms with Crippen molar-refractivity contribution in [3.05, 3.63) is 90.0 Å². The third kappa shape index (κ3) is 4.97. The topological polar surface area (TPSA) is 79.8 Å². The van der Waals surface area contributed by atoms with Crippen molar-refractivity contribution in [2.24, 2.45) is 5.92 Å². The Balaban J connectivity index is 1.36. The van der Waals surface area contributed by atoms with Crippen LogP contribution < -0.4 is 10.6 Å². The molecule has 0 spiro atoms. The number of aryl methyl sites for hydroxylation is 1. The van der Waals surface area contributed by atoms with E-state index in [0.717, 1.165) is 33.9 Å². The van der Waals surface area contributed by atoms with Crippen LogP contribution in [0, 0.1) is 12.8 Å². The van der Waals surface area contributed by atoms with E-state index in [-0.39, 0.29) is 5.91 Å². The van der Waals surface area contributed by atoms with Gasteiger partial charge in [-0.05, 0) is 48.2 Å². The lowest BCUT2D eigenvalue weighted by atomic mass is 10.0. The Morgan fingerprint density at radius 3 is 2.53 bits per heavy atom. The minimum absolute atomic E-state index is 0.0863. The fourth-order valence-corrected chi connectivity index (χ4v) is 3.27. The normalized spacial score (nSPS) is 15.0. The van der Waals surface area contributed by atoms with Gasteiger partial charge in [0.2, 0.25) is 5.91 Å². The molecule has 1 atom stereocenters. The summed E-state index contributed by atoms with van der Waals surface area (Å²) in [6, 6.07) is 13.8. The summed E-state index contributed by atoms with van der Waals surface area (Å²) in [6.45, 7) is 3.98. The van der Waals surface area contributed by atoms with Crippen molar-refractivity contribution < 1.29 is 4.79 Å². The van der Waals surface area contributed by atoms with Gasteiger partial charge >= 0.3 is 0 Å². The smallest absolute Gasteiger partial charge is 0.228 e. The third-order valence-electron chi connectivity index (χ3n) is 4.77. The molecule has 1 aliphatic carbocycles. The van der Waals surface area contributed by atoms with Crippen LogP contribution in [0.2, 0.25) is 0 Å². The Bertz CT molecular complexity index is 1100. The van der Waals surface area contributed by atoms with Crippen LogP contribution >= 0.6 is 0 Å². The molecule has 150 valence electrons. The fraction of sp³-hybridized carbons (Fsp3) is 0.167. The van der Waals surface area contributed by atoms with Crippen LogP contribution in [0.3, 0.4) is 0 Å². The van der Waals surface area contributed by atoms with Crippen molar-refractivity contribution in [3.8, 4) is 11.1 Å². The number of allylic oxidation sites excluding steroid dienone is 3. The first-order valence-corrected chi connectivity index (χ1v) is 9.87. The maximum atomic E-state index is 12.3. The standard InChI is InChI=1S/C24H23N5O/c1-16-3-9-21(11-16)27-23-10-8-20(14-25-23)19-6-4-18(5-7-19)13-24(30)28-22-12-17(2)29-26-15-22/h3-12,14-16H,13H2,1-2H3,(H,25,27)(H,28,29,30). The van der Waals surface area contributed by atoms with Crippen LogP contribution in [0.4, 0.5) is 11.5 Å². The number of amides is 1. The quantitative estimate of drug-likeness (QED) is 0.639. The minimum atomic E-state index is -0.0863. The van der Waals surface area contributed by atoms with E-state index in [9.17, 15) is 4.79 Å². The first kappa shape index (κ1) is 19.5. The summed E-state index contributed by atoms with van der Waals surface area (Å²) in [5, 5.41) is 13.9. The molecule has 0 radical (unpaired) electrons. The highest BCUT2D eigenvalue weighted by atomic mass is 16.1. The molecule has 1 amide bonds. The zero-order chi connectivity index (χ0) is 20.9. The zero-order valence-corrected chi connectivity index (χ0v) is 17.0. The van der Waals surface area contributed by atoms with E-state index >= 15 is 0 Å². The molecule has 30 heavy (non-hydrogen) atoms.